The smallest absolute Gasteiger partial charge is 0.242 e. The van der Waals surface area contributed by atoms with E-state index in [0.29, 0.717) is 48.0 Å². The number of amides is 2. The molecule has 202 valence electrons. The molecule has 2 atom stereocenters. The van der Waals surface area contributed by atoms with Gasteiger partial charge in [0, 0.05) is 36.0 Å². The zero-order valence-corrected chi connectivity index (χ0v) is 23.4. The van der Waals surface area contributed by atoms with E-state index >= 15 is 0 Å². The number of carbonyl (C=O) groups excluding carboxylic acids is 2. The van der Waals surface area contributed by atoms with Crippen molar-refractivity contribution in [2.45, 2.75) is 57.5 Å². The minimum Gasteiger partial charge on any atom is -0.337 e. The van der Waals surface area contributed by atoms with Crippen molar-refractivity contribution in [3.05, 3.63) is 26.8 Å². The number of rotatable bonds is 12. The summed E-state index contributed by atoms with van der Waals surface area (Å²) in [7, 11) is -7.27. The molecule has 0 aromatic carbocycles. The third kappa shape index (κ3) is 8.52. The molecule has 0 saturated carbocycles. The third-order valence-electron chi connectivity index (χ3n) is 6.17. The topological polar surface area (TPSA) is 133 Å². The van der Waals surface area contributed by atoms with Gasteiger partial charge in [-0.2, -0.15) is 4.72 Å². The molecule has 0 radical (unpaired) electrons. The van der Waals surface area contributed by atoms with E-state index in [-0.39, 0.29) is 30.8 Å². The molecule has 10 nitrogen and oxygen atoms in total. The number of nitrogens with zero attached hydrogens (tertiary/aromatic N) is 2. The Labute approximate surface area is 222 Å². The number of unbranched alkanes of at least 4 members (excludes halogenated alkanes) is 1. The number of thiophene rings is 1. The van der Waals surface area contributed by atoms with Crippen molar-refractivity contribution < 1.29 is 26.4 Å². The van der Waals surface area contributed by atoms with Gasteiger partial charge in [-0.05, 0) is 50.3 Å². The van der Waals surface area contributed by atoms with Crippen molar-refractivity contribution in [2.75, 3.05) is 31.9 Å². The summed E-state index contributed by atoms with van der Waals surface area (Å²) in [4.78, 5) is 29.6. The summed E-state index contributed by atoms with van der Waals surface area (Å²) in [6.07, 6.45) is 5.09. The van der Waals surface area contributed by atoms with Gasteiger partial charge < -0.3 is 9.80 Å². The maximum absolute atomic E-state index is 13.0. The average molecular weight is 581 g/mol. The number of hydrogen-bond acceptors (Lipinski definition) is 7. The Balaban J connectivity index is 1.55. The summed E-state index contributed by atoms with van der Waals surface area (Å²) in [6, 6.07) is 2.14. The number of hydrogen-bond donors (Lipinski definition) is 2. The molecule has 2 saturated heterocycles. The van der Waals surface area contributed by atoms with Gasteiger partial charge in [0.2, 0.25) is 31.9 Å². The van der Waals surface area contributed by atoms with E-state index in [1.807, 2.05) is 6.92 Å². The maximum Gasteiger partial charge on any atom is 0.242 e. The van der Waals surface area contributed by atoms with Crippen LogP contribution in [0.5, 0.6) is 0 Å². The Kier molecular flexibility index (Phi) is 10.4. The van der Waals surface area contributed by atoms with Gasteiger partial charge in [0.15, 0.2) is 0 Å². The van der Waals surface area contributed by atoms with Gasteiger partial charge in [0.1, 0.15) is 6.04 Å². The van der Waals surface area contributed by atoms with Crippen LogP contribution in [0.25, 0.3) is 6.08 Å². The lowest BCUT2D eigenvalue weighted by Gasteiger charge is -2.34. The standard InChI is InChI=1S/C22H33ClN4O6S3/c1-2-3-13-35(30,31)24-15-17-6-4-12-27(17)21(28)16-26-11-5-7-19(22(26)29)25-36(32,33)14-10-18-8-9-20(23)34-18/h8-10,14,17,19,24-25H,2-7,11-13,15-16H2,1H3/b14-10+. The summed E-state index contributed by atoms with van der Waals surface area (Å²) >= 11 is 7.10. The Morgan fingerprint density at radius 2 is 1.94 bits per heavy atom. The largest absolute Gasteiger partial charge is 0.337 e. The van der Waals surface area contributed by atoms with E-state index in [0.717, 1.165) is 18.2 Å². The van der Waals surface area contributed by atoms with Crippen molar-refractivity contribution >= 4 is 60.9 Å². The fourth-order valence-electron chi connectivity index (χ4n) is 4.28. The van der Waals surface area contributed by atoms with Gasteiger partial charge in [-0.3, -0.25) is 9.59 Å². The first-order chi connectivity index (χ1) is 17.0. The minimum absolute atomic E-state index is 0.0556. The number of sulfonamides is 2. The van der Waals surface area contributed by atoms with E-state index in [1.54, 1.807) is 17.0 Å². The molecule has 0 aliphatic carbocycles. The van der Waals surface area contributed by atoms with Crippen LogP contribution in [0.2, 0.25) is 4.34 Å². The Bertz CT molecular complexity index is 1170. The molecule has 2 amide bonds. The van der Waals surface area contributed by atoms with Gasteiger partial charge in [0.05, 0.1) is 16.6 Å². The highest BCUT2D eigenvalue weighted by Gasteiger charge is 2.35. The van der Waals surface area contributed by atoms with Crippen molar-refractivity contribution in [2.24, 2.45) is 0 Å². The van der Waals surface area contributed by atoms with Gasteiger partial charge in [0.25, 0.3) is 0 Å². The summed E-state index contributed by atoms with van der Waals surface area (Å²) in [6.45, 7) is 2.75. The van der Waals surface area contributed by atoms with Crippen LogP contribution in [0.15, 0.2) is 17.5 Å². The highest BCUT2D eigenvalue weighted by atomic mass is 35.5. The van der Waals surface area contributed by atoms with Crippen LogP contribution < -0.4 is 9.44 Å². The number of carbonyl (C=O) groups is 2. The number of piperidine rings is 1. The van der Waals surface area contributed by atoms with E-state index in [4.69, 9.17) is 11.6 Å². The van der Waals surface area contributed by atoms with Crippen LogP contribution in [0.1, 0.15) is 50.3 Å². The van der Waals surface area contributed by atoms with E-state index in [2.05, 4.69) is 9.44 Å². The second-order valence-corrected chi connectivity index (χ2v) is 14.2. The summed E-state index contributed by atoms with van der Waals surface area (Å²) < 4.78 is 54.8. The first kappa shape index (κ1) is 29.1. The third-order valence-corrected chi connectivity index (χ3v) is 9.91. The van der Waals surface area contributed by atoms with Gasteiger partial charge in [-0.25, -0.2) is 21.6 Å². The van der Waals surface area contributed by atoms with E-state index in [9.17, 15) is 26.4 Å². The van der Waals surface area contributed by atoms with E-state index in [1.165, 1.54) is 22.3 Å². The highest BCUT2D eigenvalue weighted by molar-refractivity contribution is 7.92. The van der Waals surface area contributed by atoms with Gasteiger partial charge >= 0.3 is 0 Å². The molecule has 1 aromatic rings. The minimum atomic E-state index is -3.88. The van der Waals surface area contributed by atoms with Crippen molar-refractivity contribution in [3.8, 4) is 0 Å². The Morgan fingerprint density at radius 3 is 2.64 bits per heavy atom. The maximum atomic E-state index is 13.0. The Hall–Kier alpha value is -1.51. The summed E-state index contributed by atoms with van der Waals surface area (Å²) in [5.74, 6) is -0.654. The lowest BCUT2D eigenvalue weighted by atomic mass is 10.1. The van der Waals surface area contributed by atoms with Crippen molar-refractivity contribution in [1.29, 1.82) is 0 Å². The van der Waals surface area contributed by atoms with Crippen LogP contribution in [-0.2, 0) is 29.6 Å². The first-order valence-corrected chi connectivity index (χ1v) is 16.4. The molecule has 2 unspecified atom stereocenters. The number of likely N-dealkylation sites (tertiary alicyclic amines) is 2. The molecule has 1 aromatic heterocycles. The quantitative estimate of drug-likeness (QED) is 0.388. The predicted octanol–water partition coefficient (Wildman–Crippen LogP) is 1.99. The molecule has 3 heterocycles. The summed E-state index contributed by atoms with van der Waals surface area (Å²) in [5.41, 5.74) is 0. The predicted molar refractivity (Wildman–Crippen MR) is 141 cm³/mol. The molecule has 2 aliphatic rings. The Morgan fingerprint density at radius 1 is 1.19 bits per heavy atom. The normalized spacial score (nSPS) is 21.6. The highest BCUT2D eigenvalue weighted by Crippen LogP contribution is 2.23. The van der Waals surface area contributed by atoms with Crippen LogP contribution >= 0.6 is 22.9 Å². The van der Waals surface area contributed by atoms with Gasteiger partial charge in [-0.15, -0.1) is 11.3 Å². The molecule has 14 heteroatoms. The summed E-state index contributed by atoms with van der Waals surface area (Å²) in [5, 5.41) is 1.00. The van der Waals surface area contributed by atoms with Crippen molar-refractivity contribution in [3.63, 3.8) is 0 Å². The monoisotopic (exact) mass is 580 g/mol. The molecule has 2 N–H and O–H groups in total. The molecule has 3 rings (SSSR count). The van der Waals surface area contributed by atoms with Crippen LogP contribution in [0, 0.1) is 0 Å². The second-order valence-electron chi connectivity index (χ2n) is 8.97. The molecule has 0 bridgehead atoms. The molecular formula is C22H33ClN4O6S3. The molecule has 2 fully saturated rings. The molecular weight excluding hydrogens is 548 g/mol. The number of nitrogens with one attached hydrogen (secondary N) is 2. The van der Waals surface area contributed by atoms with Gasteiger partial charge in [-0.1, -0.05) is 24.9 Å². The lowest BCUT2D eigenvalue weighted by Crippen LogP contribution is -2.55. The van der Waals surface area contributed by atoms with Crippen LogP contribution in [0.3, 0.4) is 0 Å². The lowest BCUT2D eigenvalue weighted by molar-refractivity contribution is -0.143. The molecule has 36 heavy (non-hydrogen) atoms. The molecule has 0 spiro atoms. The van der Waals surface area contributed by atoms with E-state index < -0.39 is 32.0 Å². The number of halogens is 1. The fraction of sp³-hybridized carbons (Fsp3) is 0.636. The first-order valence-electron chi connectivity index (χ1n) is 12.0. The zero-order valence-electron chi connectivity index (χ0n) is 20.2. The average Bonchev–Trinajstić information content (AvgIpc) is 3.46. The van der Waals surface area contributed by atoms with Crippen molar-refractivity contribution in [1.82, 2.24) is 19.2 Å². The zero-order chi connectivity index (χ0) is 26.3. The SMILES string of the molecule is CCCCS(=O)(=O)NCC1CCCN1C(=O)CN1CCCC(NS(=O)(=O)/C=C/c2ccc(Cl)s2)C1=O. The van der Waals surface area contributed by atoms with Crippen LogP contribution in [0.4, 0.5) is 0 Å². The second kappa shape index (κ2) is 12.8. The molecule has 2 aliphatic heterocycles. The fourth-order valence-corrected chi connectivity index (χ4v) is 7.61. The van der Waals surface area contributed by atoms with Crippen LogP contribution in [-0.4, -0.2) is 82.5 Å².